The summed E-state index contributed by atoms with van der Waals surface area (Å²) in [6.07, 6.45) is 0. The van der Waals surface area contributed by atoms with E-state index < -0.39 is 11.9 Å². The first-order chi connectivity index (χ1) is 14.6. The summed E-state index contributed by atoms with van der Waals surface area (Å²) in [6.45, 7) is -0.0728. The fourth-order valence-corrected chi connectivity index (χ4v) is 3.93. The molecule has 2 aliphatic heterocycles. The lowest BCUT2D eigenvalue weighted by Crippen LogP contribution is -2.34. The van der Waals surface area contributed by atoms with Crippen molar-refractivity contribution in [3.05, 3.63) is 95.1 Å². The van der Waals surface area contributed by atoms with Crippen molar-refractivity contribution in [3.63, 3.8) is 0 Å². The number of esters is 1. The molecule has 0 radical (unpaired) electrons. The molecule has 148 valence electrons. The maximum Gasteiger partial charge on any atom is 0.318 e. The van der Waals surface area contributed by atoms with E-state index >= 15 is 0 Å². The highest BCUT2D eigenvalue weighted by Crippen LogP contribution is 2.44. The van der Waals surface area contributed by atoms with Crippen LogP contribution in [0, 0.1) is 0 Å². The highest BCUT2D eigenvalue weighted by molar-refractivity contribution is 6.21. The third-order valence-electron chi connectivity index (χ3n) is 5.35. The highest BCUT2D eigenvalue weighted by atomic mass is 16.5. The molecule has 0 atom stereocenters. The molecule has 0 fully saturated rings. The second-order valence-electron chi connectivity index (χ2n) is 7.09. The monoisotopic (exact) mass is 399 g/mol. The van der Waals surface area contributed by atoms with E-state index in [-0.39, 0.29) is 25.0 Å². The Hall–Kier alpha value is -3.93. The minimum absolute atomic E-state index is 0.00456. The van der Waals surface area contributed by atoms with Gasteiger partial charge in [-0.05, 0) is 24.3 Å². The van der Waals surface area contributed by atoms with E-state index in [1.165, 1.54) is 0 Å². The first-order valence-electron chi connectivity index (χ1n) is 9.62. The lowest BCUT2D eigenvalue weighted by Gasteiger charge is -2.27. The summed E-state index contributed by atoms with van der Waals surface area (Å²) < 4.78 is 11.4. The third kappa shape index (κ3) is 2.85. The average Bonchev–Trinajstić information content (AvgIpc) is 3.02. The first kappa shape index (κ1) is 18.1. The lowest BCUT2D eigenvalue weighted by molar-refractivity contribution is -0.144. The predicted octanol–water partition coefficient (Wildman–Crippen LogP) is 3.76. The van der Waals surface area contributed by atoms with Crippen molar-refractivity contribution in [2.45, 2.75) is 5.92 Å². The Balaban J connectivity index is 1.33. The number of nitrogens with zero attached hydrogens (tertiary/aromatic N) is 1. The van der Waals surface area contributed by atoms with Gasteiger partial charge in [0.2, 0.25) is 0 Å². The van der Waals surface area contributed by atoms with Gasteiger partial charge in [-0.2, -0.15) is 0 Å². The maximum absolute atomic E-state index is 13.0. The van der Waals surface area contributed by atoms with Gasteiger partial charge < -0.3 is 9.47 Å². The van der Waals surface area contributed by atoms with E-state index in [4.69, 9.17) is 9.47 Å². The normalized spacial score (nSPS) is 14.6. The molecule has 0 aliphatic carbocycles. The molecule has 2 amide bonds. The molecule has 0 saturated carbocycles. The number of carbonyl (C=O) groups excluding carboxylic acids is 3. The van der Waals surface area contributed by atoms with Crippen LogP contribution in [0.1, 0.15) is 37.8 Å². The van der Waals surface area contributed by atoms with Gasteiger partial charge in [0, 0.05) is 11.1 Å². The van der Waals surface area contributed by atoms with Gasteiger partial charge in [-0.3, -0.25) is 19.3 Å². The molecular weight excluding hydrogens is 382 g/mol. The molecule has 6 nitrogen and oxygen atoms in total. The smallest absolute Gasteiger partial charge is 0.318 e. The van der Waals surface area contributed by atoms with Crippen molar-refractivity contribution in [1.82, 2.24) is 4.90 Å². The lowest BCUT2D eigenvalue weighted by atomic mass is 9.88. The Bertz CT molecular complexity index is 1100. The van der Waals surface area contributed by atoms with Crippen LogP contribution in [-0.2, 0) is 9.53 Å². The van der Waals surface area contributed by atoms with Gasteiger partial charge in [0.15, 0.2) is 0 Å². The van der Waals surface area contributed by atoms with Gasteiger partial charge in [-0.25, -0.2) is 0 Å². The molecule has 6 heteroatoms. The van der Waals surface area contributed by atoms with E-state index in [0.717, 1.165) is 16.0 Å². The third-order valence-corrected chi connectivity index (χ3v) is 5.35. The second-order valence-corrected chi connectivity index (χ2v) is 7.09. The quantitative estimate of drug-likeness (QED) is 0.493. The summed E-state index contributed by atoms with van der Waals surface area (Å²) in [7, 11) is 0. The number of hydrogen-bond donors (Lipinski definition) is 0. The Kier molecular flexibility index (Phi) is 4.32. The molecule has 3 aromatic rings. The summed E-state index contributed by atoms with van der Waals surface area (Å²) >= 11 is 0. The Morgan fingerprint density at radius 2 is 1.30 bits per heavy atom. The fraction of sp³-hybridized carbons (Fsp3) is 0.125. The van der Waals surface area contributed by atoms with Crippen molar-refractivity contribution in [3.8, 4) is 11.5 Å². The number of hydrogen-bond acceptors (Lipinski definition) is 5. The maximum atomic E-state index is 13.0. The predicted molar refractivity (Wildman–Crippen MR) is 108 cm³/mol. The van der Waals surface area contributed by atoms with Crippen molar-refractivity contribution in [2.24, 2.45) is 0 Å². The molecule has 0 spiro atoms. The molecule has 3 aromatic carbocycles. The van der Waals surface area contributed by atoms with E-state index in [1.54, 1.807) is 24.3 Å². The van der Waals surface area contributed by atoms with Gasteiger partial charge >= 0.3 is 5.97 Å². The zero-order valence-corrected chi connectivity index (χ0v) is 15.9. The fourth-order valence-electron chi connectivity index (χ4n) is 3.93. The molecular formula is C24H17NO5. The van der Waals surface area contributed by atoms with Crippen molar-refractivity contribution in [1.29, 1.82) is 0 Å². The van der Waals surface area contributed by atoms with E-state index in [2.05, 4.69) is 0 Å². The largest absolute Gasteiger partial charge is 0.463 e. The molecule has 2 aliphatic rings. The van der Waals surface area contributed by atoms with Gasteiger partial charge in [-0.1, -0.05) is 48.5 Å². The topological polar surface area (TPSA) is 72.9 Å². The van der Waals surface area contributed by atoms with Crippen molar-refractivity contribution < 1.29 is 23.9 Å². The summed E-state index contributed by atoms with van der Waals surface area (Å²) in [6, 6.07) is 21.3. The molecule has 2 heterocycles. The SMILES string of the molecule is O=C(OCCN1C(=O)c2ccccc2C1=O)C1c2ccccc2Oc2ccccc21. The minimum Gasteiger partial charge on any atom is -0.463 e. The Morgan fingerprint density at radius 3 is 1.87 bits per heavy atom. The van der Waals surface area contributed by atoms with Crippen LogP contribution >= 0.6 is 0 Å². The molecule has 0 saturated heterocycles. The van der Waals surface area contributed by atoms with Gasteiger partial charge in [0.1, 0.15) is 24.0 Å². The number of amides is 2. The van der Waals surface area contributed by atoms with Crippen LogP contribution < -0.4 is 4.74 Å². The number of fused-ring (bicyclic) bond motifs is 3. The second kappa shape index (κ2) is 7.15. The van der Waals surface area contributed by atoms with Crippen molar-refractivity contribution >= 4 is 17.8 Å². The van der Waals surface area contributed by atoms with Gasteiger partial charge in [0.05, 0.1) is 17.7 Å². The standard InChI is InChI=1S/C24H17NO5/c26-22-15-7-1-2-8-16(15)23(27)25(22)13-14-29-24(28)21-17-9-3-5-11-19(17)30-20-12-6-4-10-18(20)21/h1-12,21H,13-14H2. The highest BCUT2D eigenvalue weighted by Gasteiger charge is 2.36. The number of para-hydroxylation sites is 2. The Morgan fingerprint density at radius 1 is 0.800 bits per heavy atom. The summed E-state index contributed by atoms with van der Waals surface area (Å²) in [4.78, 5) is 39.0. The van der Waals surface area contributed by atoms with Crippen LogP contribution in [0.25, 0.3) is 0 Å². The van der Waals surface area contributed by atoms with E-state index in [1.807, 2.05) is 48.5 Å². The van der Waals surface area contributed by atoms with E-state index in [9.17, 15) is 14.4 Å². The molecule has 0 aromatic heterocycles. The molecule has 0 bridgehead atoms. The minimum atomic E-state index is -0.631. The van der Waals surface area contributed by atoms with Crippen molar-refractivity contribution in [2.75, 3.05) is 13.2 Å². The zero-order chi connectivity index (χ0) is 20.7. The van der Waals surface area contributed by atoms with E-state index in [0.29, 0.717) is 22.6 Å². The zero-order valence-electron chi connectivity index (χ0n) is 15.9. The van der Waals surface area contributed by atoms with Crippen LogP contribution in [0.4, 0.5) is 0 Å². The molecule has 0 N–H and O–H groups in total. The van der Waals surface area contributed by atoms with Crippen LogP contribution in [0.2, 0.25) is 0 Å². The average molecular weight is 399 g/mol. The molecule has 30 heavy (non-hydrogen) atoms. The van der Waals surface area contributed by atoms with Crippen LogP contribution in [-0.4, -0.2) is 35.8 Å². The molecule has 5 rings (SSSR count). The summed E-state index contributed by atoms with van der Waals surface area (Å²) in [5.41, 5.74) is 2.20. The Labute approximate surface area is 172 Å². The van der Waals surface area contributed by atoms with Crippen LogP contribution in [0.15, 0.2) is 72.8 Å². The van der Waals surface area contributed by atoms with Crippen LogP contribution in [0.3, 0.4) is 0 Å². The number of imide groups is 1. The number of ether oxygens (including phenoxy) is 2. The van der Waals surface area contributed by atoms with Crippen LogP contribution in [0.5, 0.6) is 11.5 Å². The number of rotatable bonds is 4. The summed E-state index contributed by atoms with van der Waals surface area (Å²) in [5, 5.41) is 0. The van der Waals surface area contributed by atoms with Gasteiger partial charge in [-0.15, -0.1) is 0 Å². The molecule has 0 unspecified atom stereocenters. The summed E-state index contributed by atoms with van der Waals surface area (Å²) in [5.74, 6) is -0.595. The first-order valence-corrected chi connectivity index (χ1v) is 9.62. The number of carbonyl (C=O) groups is 3. The number of benzene rings is 3. The van der Waals surface area contributed by atoms with Gasteiger partial charge in [0.25, 0.3) is 11.8 Å².